The molecule has 1 aliphatic rings. The lowest BCUT2D eigenvalue weighted by molar-refractivity contribution is -0.132. The second-order valence-corrected chi connectivity index (χ2v) is 13.1. The van der Waals surface area contributed by atoms with Crippen molar-refractivity contribution in [2.24, 2.45) is 5.92 Å². The maximum atomic E-state index is 13.8. The molecule has 1 aromatic heterocycles. The highest BCUT2D eigenvalue weighted by molar-refractivity contribution is 7.17. The van der Waals surface area contributed by atoms with Gasteiger partial charge in [-0.2, -0.15) is 0 Å². The summed E-state index contributed by atoms with van der Waals surface area (Å²) in [6, 6.07) is 10.8. The molecule has 0 spiro atoms. The number of ether oxygens (including phenoxy) is 4. The van der Waals surface area contributed by atoms with Crippen LogP contribution in [0.15, 0.2) is 48.0 Å². The summed E-state index contributed by atoms with van der Waals surface area (Å²) in [7, 11) is 1.52. The Kier molecular flexibility index (Phi) is 13.0. The maximum Gasteiger partial charge on any atom is 0.350 e. The molecule has 0 radical (unpaired) electrons. The zero-order valence-corrected chi connectivity index (χ0v) is 29.5. The molecule has 2 aromatic carbocycles. The Morgan fingerprint density at radius 3 is 2.33 bits per heavy atom. The van der Waals surface area contributed by atoms with Gasteiger partial charge in [0.2, 0.25) is 0 Å². The summed E-state index contributed by atoms with van der Waals surface area (Å²) in [5.41, 5.74) is 1.08. The molecule has 0 saturated carbocycles. The fraction of sp³-hybridized carbons (Fsp3) is 0.459. The van der Waals surface area contributed by atoms with E-state index < -0.39 is 23.7 Å². The highest BCUT2D eigenvalue weighted by atomic mass is 32.1. The van der Waals surface area contributed by atoms with E-state index in [9.17, 15) is 19.5 Å². The number of aliphatic hydroxyl groups excluding tert-OH is 1. The summed E-state index contributed by atoms with van der Waals surface area (Å²) in [5.74, 6) is -0.969. The molecule has 0 bridgehead atoms. The van der Waals surface area contributed by atoms with Crippen LogP contribution < -0.4 is 19.1 Å². The molecule has 258 valence electrons. The number of methoxy groups -OCH3 is 1. The number of thiazole rings is 1. The van der Waals surface area contributed by atoms with Crippen LogP contribution in [0.5, 0.6) is 17.2 Å². The number of aliphatic hydroxyl groups is 1. The largest absolute Gasteiger partial charge is 0.507 e. The lowest BCUT2D eigenvalue weighted by Crippen LogP contribution is -2.29. The van der Waals surface area contributed by atoms with E-state index in [1.54, 1.807) is 49.4 Å². The predicted octanol–water partition coefficient (Wildman–Crippen LogP) is 8.04. The number of benzene rings is 2. The van der Waals surface area contributed by atoms with Crippen LogP contribution in [0.25, 0.3) is 5.76 Å². The summed E-state index contributed by atoms with van der Waals surface area (Å²) in [6.07, 6.45) is 6.09. The van der Waals surface area contributed by atoms with Crippen molar-refractivity contribution in [3.63, 3.8) is 0 Å². The number of carbonyl (C=O) groups is 3. The van der Waals surface area contributed by atoms with Gasteiger partial charge in [0.25, 0.3) is 5.78 Å². The number of hydrogen-bond donors (Lipinski definition) is 1. The third-order valence-corrected chi connectivity index (χ3v) is 8.96. The molecule has 3 aromatic rings. The number of carbonyl (C=O) groups excluding carboxylic acids is 3. The van der Waals surface area contributed by atoms with Crippen molar-refractivity contribution in [1.82, 2.24) is 4.98 Å². The fourth-order valence-corrected chi connectivity index (χ4v) is 6.20. The van der Waals surface area contributed by atoms with Crippen molar-refractivity contribution >= 4 is 39.9 Å². The smallest absolute Gasteiger partial charge is 0.350 e. The number of Topliss-reactive ketones (excluding diaryl/α,β-unsaturated/α-hetero) is 1. The average molecular weight is 679 g/mol. The predicted molar refractivity (Wildman–Crippen MR) is 186 cm³/mol. The molecule has 1 N–H and O–H groups in total. The van der Waals surface area contributed by atoms with Gasteiger partial charge in [0.1, 0.15) is 16.4 Å². The van der Waals surface area contributed by atoms with Gasteiger partial charge < -0.3 is 24.1 Å². The fourth-order valence-electron chi connectivity index (χ4n) is 5.21. The number of rotatable bonds is 17. The molecular formula is C37H46N2O8S. The number of hydrogen-bond acceptors (Lipinski definition) is 10. The zero-order chi connectivity index (χ0) is 34.8. The van der Waals surface area contributed by atoms with Gasteiger partial charge in [-0.05, 0) is 67.6 Å². The number of aromatic nitrogens is 1. The molecule has 1 aliphatic heterocycles. The Balaban J connectivity index is 1.78. The zero-order valence-electron chi connectivity index (χ0n) is 28.7. The van der Waals surface area contributed by atoms with Gasteiger partial charge in [-0.15, -0.1) is 0 Å². The molecule has 1 atom stereocenters. The van der Waals surface area contributed by atoms with Crippen LogP contribution in [-0.2, 0) is 14.3 Å². The molecule has 1 fully saturated rings. The Labute approximate surface area is 286 Å². The number of ketones is 1. The first-order chi connectivity index (χ1) is 23.1. The van der Waals surface area contributed by atoms with Crippen molar-refractivity contribution < 1.29 is 38.4 Å². The van der Waals surface area contributed by atoms with Gasteiger partial charge in [-0.1, -0.05) is 70.8 Å². The van der Waals surface area contributed by atoms with Crippen molar-refractivity contribution in [2.75, 3.05) is 31.8 Å². The van der Waals surface area contributed by atoms with E-state index in [1.807, 2.05) is 13.8 Å². The molecule has 48 heavy (non-hydrogen) atoms. The number of nitrogens with zero attached hydrogens (tertiary/aromatic N) is 2. The number of unbranched alkanes of at least 4 members (excludes halogenated alkanes) is 4. The van der Waals surface area contributed by atoms with E-state index >= 15 is 0 Å². The van der Waals surface area contributed by atoms with E-state index in [1.165, 1.54) is 12.0 Å². The summed E-state index contributed by atoms with van der Waals surface area (Å²) in [6.45, 7) is 11.0. The molecule has 0 aliphatic carbocycles. The summed E-state index contributed by atoms with van der Waals surface area (Å²) >= 11 is 0.963. The topological polar surface area (TPSA) is 124 Å². The summed E-state index contributed by atoms with van der Waals surface area (Å²) < 4.78 is 22.9. The molecule has 2 heterocycles. The summed E-state index contributed by atoms with van der Waals surface area (Å²) in [4.78, 5) is 46.5. The molecule has 11 heteroatoms. The van der Waals surface area contributed by atoms with E-state index in [0.717, 1.165) is 49.9 Å². The Hall–Kier alpha value is -4.38. The van der Waals surface area contributed by atoms with Crippen LogP contribution in [0.1, 0.15) is 98.8 Å². The molecule has 1 unspecified atom stereocenters. The average Bonchev–Trinajstić information content (AvgIpc) is 3.59. The SMILES string of the molecule is CCCCCCOc1ccc(C2C(=C(O)c3ccc(OCCCC)cc3)C(=O)C(=O)N2c2nc(C)c(C(=O)OCC(C)C)s2)cc1OC. The second kappa shape index (κ2) is 17.1. The molecule has 1 saturated heterocycles. The van der Waals surface area contributed by atoms with Gasteiger partial charge in [-0.3, -0.25) is 14.5 Å². The lowest BCUT2D eigenvalue weighted by atomic mass is 9.95. The van der Waals surface area contributed by atoms with Gasteiger partial charge >= 0.3 is 11.9 Å². The highest BCUT2D eigenvalue weighted by Gasteiger charge is 2.48. The minimum absolute atomic E-state index is 0.119. The molecule has 1 amide bonds. The monoisotopic (exact) mass is 678 g/mol. The lowest BCUT2D eigenvalue weighted by Gasteiger charge is -2.24. The highest BCUT2D eigenvalue weighted by Crippen LogP contribution is 2.45. The first-order valence-electron chi connectivity index (χ1n) is 16.6. The van der Waals surface area contributed by atoms with E-state index in [0.29, 0.717) is 47.3 Å². The van der Waals surface area contributed by atoms with Crippen molar-refractivity contribution in [2.45, 2.75) is 79.2 Å². The van der Waals surface area contributed by atoms with Crippen LogP contribution in [0.3, 0.4) is 0 Å². The van der Waals surface area contributed by atoms with E-state index in [-0.39, 0.29) is 33.9 Å². The Bertz CT molecular complexity index is 1610. The van der Waals surface area contributed by atoms with Crippen LogP contribution in [-0.4, -0.2) is 54.7 Å². The minimum atomic E-state index is -1.08. The van der Waals surface area contributed by atoms with Crippen molar-refractivity contribution in [3.8, 4) is 17.2 Å². The van der Waals surface area contributed by atoms with Crippen LogP contribution in [0.2, 0.25) is 0 Å². The number of amides is 1. The van der Waals surface area contributed by atoms with Gasteiger partial charge in [-0.25, -0.2) is 9.78 Å². The number of esters is 1. The Morgan fingerprint density at radius 2 is 1.67 bits per heavy atom. The third kappa shape index (κ3) is 8.55. The van der Waals surface area contributed by atoms with Crippen molar-refractivity contribution in [3.05, 3.63) is 69.7 Å². The standard InChI is InChI=1S/C37H46N2O8S/c1-7-9-11-12-20-46-28-18-15-26(21-29(28)44-6)31-30(32(40)25-13-16-27(17-14-25)45-19-10-8-2)33(41)35(42)39(31)37-38-24(5)34(48-37)36(43)47-22-23(3)4/h13-18,21,23,31,40H,7-12,19-20,22H2,1-6H3. The van der Waals surface area contributed by atoms with Gasteiger partial charge in [0, 0.05) is 5.56 Å². The second-order valence-electron chi connectivity index (χ2n) is 12.1. The Morgan fingerprint density at radius 1 is 0.958 bits per heavy atom. The maximum absolute atomic E-state index is 13.8. The quantitative estimate of drug-likeness (QED) is 0.0497. The van der Waals surface area contributed by atoms with Crippen molar-refractivity contribution in [1.29, 1.82) is 0 Å². The number of anilines is 1. The molecule has 4 rings (SSSR count). The first-order valence-corrected chi connectivity index (χ1v) is 17.4. The van der Waals surface area contributed by atoms with E-state index in [2.05, 4.69) is 18.8 Å². The molecule has 10 nitrogen and oxygen atoms in total. The van der Waals surface area contributed by atoms with E-state index in [4.69, 9.17) is 18.9 Å². The summed E-state index contributed by atoms with van der Waals surface area (Å²) in [5, 5.41) is 11.8. The minimum Gasteiger partial charge on any atom is -0.507 e. The van der Waals surface area contributed by atoms with Gasteiger partial charge in [0.15, 0.2) is 16.6 Å². The van der Waals surface area contributed by atoms with Crippen LogP contribution in [0, 0.1) is 12.8 Å². The van der Waals surface area contributed by atoms with Gasteiger partial charge in [0.05, 0.1) is 44.2 Å². The first kappa shape index (κ1) is 36.5. The number of aryl methyl sites for hydroxylation is 1. The third-order valence-electron chi connectivity index (χ3n) is 7.82. The van der Waals surface area contributed by atoms with Crippen LogP contribution in [0.4, 0.5) is 5.13 Å². The molecular weight excluding hydrogens is 632 g/mol. The normalized spacial score (nSPS) is 15.6. The van der Waals surface area contributed by atoms with Crippen LogP contribution >= 0.6 is 11.3 Å².